The lowest BCUT2D eigenvalue weighted by atomic mass is 10.0. The molecule has 1 saturated heterocycles. The van der Waals surface area contributed by atoms with E-state index >= 15 is 0 Å². The summed E-state index contributed by atoms with van der Waals surface area (Å²) in [6.45, 7) is 1.74. The number of hydrogen-bond donors (Lipinski definition) is 2. The van der Waals surface area contributed by atoms with Gasteiger partial charge in [-0.1, -0.05) is 0 Å². The zero-order valence-corrected chi connectivity index (χ0v) is 8.35. The molecule has 2 aliphatic heterocycles. The highest BCUT2D eigenvalue weighted by molar-refractivity contribution is 5.85. The average molecular weight is 206 g/mol. The number of guanidine groups is 1. The smallest absolute Gasteiger partial charge is 0.188 e. The van der Waals surface area contributed by atoms with Crippen molar-refractivity contribution in [1.82, 2.24) is 5.32 Å². The summed E-state index contributed by atoms with van der Waals surface area (Å²) < 4.78 is 5.57. The SMILES string of the molecule is Cl.NC1=NCCC(C2CCCO2)N1. The van der Waals surface area contributed by atoms with E-state index in [1.807, 2.05) is 0 Å². The van der Waals surface area contributed by atoms with Gasteiger partial charge in [0, 0.05) is 13.2 Å². The molecule has 0 aromatic carbocycles. The lowest BCUT2D eigenvalue weighted by molar-refractivity contribution is 0.0809. The molecule has 13 heavy (non-hydrogen) atoms. The predicted molar refractivity (Wildman–Crippen MR) is 54.3 cm³/mol. The average Bonchev–Trinajstić information content (AvgIpc) is 2.56. The quantitative estimate of drug-likeness (QED) is 0.646. The zero-order chi connectivity index (χ0) is 8.39. The van der Waals surface area contributed by atoms with Gasteiger partial charge in [0.25, 0.3) is 0 Å². The van der Waals surface area contributed by atoms with Crippen LogP contribution in [0.3, 0.4) is 0 Å². The third-order valence-corrected chi connectivity index (χ3v) is 2.47. The predicted octanol–water partition coefficient (Wildman–Crippen LogP) is 0.264. The van der Waals surface area contributed by atoms with Crippen molar-refractivity contribution in [2.45, 2.75) is 31.4 Å². The van der Waals surface area contributed by atoms with Crippen LogP contribution in [0.1, 0.15) is 19.3 Å². The van der Waals surface area contributed by atoms with E-state index in [1.165, 1.54) is 6.42 Å². The molecule has 0 bridgehead atoms. The van der Waals surface area contributed by atoms with Gasteiger partial charge >= 0.3 is 0 Å². The number of hydrogen-bond acceptors (Lipinski definition) is 4. The first-order chi connectivity index (χ1) is 5.86. The third-order valence-electron chi connectivity index (χ3n) is 2.47. The van der Waals surface area contributed by atoms with Crippen LogP contribution >= 0.6 is 12.4 Å². The van der Waals surface area contributed by atoms with Gasteiger partial charge < -0.3 is 15.8 Å². The topological polar surface area (TPSA) is 59.6 Å². The molecular weight excluding hydrogens is 190 g/mol. The van der Waals surface area contributed by atoms with Gasteiger partial charge in [0.1, 0.15) is 0 Å². The fourth-order valence-corrected chi connectivity index (χ4v) is 1.83. The molecule has 0 radical (unpaired) electrons. The van der Waals surface area contributed by atoms with Gasteiger partial charge in [0.15, 0.2) is 5.96 Å². The van der Waals surface area contributed by atoms with Crippen LogP contribution in [-0.2, 0) is 4.74 Å². The molecule has 0 aliphatic carbocycles. The number of nitrogens with zero attached hydrogens (tertiary/aromatic N) is 1. The summed E-state index contributed by atoms with van der Waals surface area (Å²) in [5.41, 5.74) is 5.58. The van der Waals surface area contributed by atoms with Gasteiger partial charge in [-0.25, -0.2) is 0 Å². The van der Waals surface area contributed by atoms with Crippen molar-refractivity contribution in [2.75, 3.05) is 13.2 Å². The molecule has 76 valence electrons. The van der Waals surface area contributed by atoms with Crippen molar-refractivity contribution in [3.05, 3.63) is 0 Å². The van der Waals surface area contributed by atoms with Gasteiger partial charge in [-0.3, -0.25) is 4.99 Å². The molecule has 0 amide bonds. The van der Waals surface area contributed by atoms with Gasteiger partial charge in [0.05, 0.1) is 12.1 Å². The van der Waals surface area contributed by atoms with Crippen LogP contribution in [0, 0.1) is 0 Å². The van der Waals surface area contributed by atoms with Crippen LogP contribution < -0.4 is 11.1 Å². The maximum atomic E-state index is 5.58. The maximum Gasteiger partial charge on any atom is 0.188 e. The highest BCUT2D eigenvalue weighted by Gasteiger charge is 2.27. The fourth-order valence-electron chi connectivity index (χ4n) is 1.83. The summed E-state index contributed by atoms with van der Waals surface area (Å²) in [5, 5.41) is 3.16. The standard InChI is InChI=1S/C8H15N3O.ClH/c9-8-10-4-3-6(11-8)7-2-1-5-12-7;/h6-7H,1-5H2,(H3,9,10,11);1H. The van der Waals surface area contributed by atoms with Crippen LogP contribution in [0.5, 0.6) is 0 Å². The molecule has 4 nitrogen and oxygen atoms in total. The Hall–Kier alpha value is -0.480. The second-order valence-electron chi connectivity index (χ2n) is 3.36. The van der Waals surface area contributed by atoms with Crippen molar-refractivity contribution < 1.29 is 4.74 Å². The molecule has 2 aliphatic rings. The molecule has 2 unspecified atom stereocenters. The summed E-state index contributed by atoms with van der Waals surface area (Å²) in [6.07, 6.45) is 3.75. The van der Waals surface area contributed by atoms with E-state index in [4.69, 9.17) is 10.5 Å². The van der Waals surface area contributed by atoms with Gasteiger partial charge in [-0.05, 0) is 19.3 Å². The molecule has 0 aromatic rings. The van der Waals surface area contributed by atoms with E-state index in [0.717, 1.165) is 26.0 Å². The van der Waals surface area contributed by atoms with Crippen LogP contribution in [-0.4, -0.2) is 31.3 Å². The molecule has 1 fully saturated rings. The van der Waals surface area contributed by atoms with E-state index in [2.05, 4.69) is 10.3 Å². The lowest BCUT2D eigenvalue weighted by Gasteiger charge is -2.27. The van der Waals surface area contributed by atoms with Crippen molar-refractivity contribution in [1.29, 1.82) is 0 Å². The Balaban J connectivity index is 0.000000845. The molecule has 3 N–H and O–H groups in total. The Bertz CT molecular complexity index is 192. The molecule has 0 aromatic heterocycles. The van der Waals surface area contributed by atoms with Gasteiger partial charge in [-0.2, -0.15) is 0 Å². The first kappa shape index (κ1) is 10.6. The highest BCUT2D eigenvalue weighted by Crippen LogP contribution is 2.18. The summed E-state index contributed by atoms with van der Waals surface area (Å²) in [7, 11) is 0. The number of ether oxygens (including phenoxy) is 1. The summed E-state index contributed by atoms with van der Waals surface area (Å²) in [5.74, 6) is 0.571. The van der Waals surface area contributed by atoms with Crippen LogP contribution in [0.15, 0.2) is 4.99 Å². The van der Waals surface area contributed by atoms with Gasteiger partial charge in [-0.15, -0.1) is 12.4 Å². The van der Waals surface area contributed by atoms with Crippen LogP contribution in [0.4, 0.5) is 0 Å². The molecule has 2 heterocycles. The normalized spacial score (nSPS) is 33.1. The first-order valence-corrected chi connectivity index (χ1v) is 4.54. The Labute approximate surface area is 84.3 Å². The summed E-state index contributed by atoms with van der Waals surface area (Å²) >= 11 is 0. The van der Waals surface area contributed by atoms with E-state index < -0.39 is 0 Å². The Morgan fingerprint density at radius 3 is 2.92 bits per heavy atom. The second-order valence-corrected chi connectivity index (χ2v) is 3.36. The fraction of sp³-hybridized carbons (Fsp3) is 0.875. The minimum absolute atomic E-state index is 0. The monoisotopic (exact) mass is 205 g/mol. The second kappa shape index (κ2) is 4.67. The van der Waals surface area contributed by atoms with E-state index in [9.17, 15) is 0 Å². The number of rotatable bonds is 1. The Morgan fingerprint density at radius 2 is 2.31 bits per heavy atom. The maximum absolute atomic E-state index is 5.58. The Morgan fingerprint density at radius 1 is 1.46 bits per heavy atom. The van der Waals surface area contributed by atoms with Crippen LogP contribution in [0.25, 0.3) is 0 Å². The summed E-state index contributed by atoms with van der Waals surface area (Å²) in [6, 6.07) is 0.394. The number of nitrogens with one attached hydrogen (secondary N) is 1. The van der Waals surface area contributed by atoms with Crippen LogP contribution in [0.2, 0.25) is 0 Å². The molecule has 5 heteroatoms. The molecule has 0 spiro atoms. The van der Waals surface area contributed by atoms with Crippen molar-refractivity contribution in [3.63, 3.8) is 0 Å². The number of halogens is 1. The van der Waals surface area contributed by atoms with Gasteiger partial charge in [0.2, 0.25) is 0 Å². The minimum atomic E-state index is 0. The zero-order valence-electron chi connectivity index (χ0n) is 7.53. The number of nitrogens with two attached hydrogens (primary N) is 1. The van der Waals surface area contributed by atoms with Crippen molar-refractivity contribution in [2.24, 2.45) is 10.7 Å². The highest BCUT2D eigenvalue weighted by atomic mass is 35.5. The Kier molecular flexibility index (Phi) is 3.81. The molecule has 2 atom stereocenters. The minimum Gasteiger partial charge on any atom is -0.376 e. The first-order valence-electron chi connectivity index (χ1n) is 4.54. The van der Waals surface area contributed by atoms with E-state index in [-0.39, 0.29) is 12.4 Å². The summed E-state index contributed by atoms with van der Waals surface area (Å²) in [4.78, 5) is 4.08. The van der Waals surface area contributed by atoms with Crippen molar-refractivity contribution >= 4 is 18.4 Å². The molecule has 2 rings (SSSR count). The van der Waals surface area contributed by atoms with E-state index in [1.54, 1.807) is 0 Å². The third kappa shape index (κ3) is 2.48. The van der Waals surface area contributed by atoms with E-state index in [0.29, 0.717) is 18.1 Å². The van der Waals surface area contributed by atoms with Crippen molar-refractivity contribution in [3.8, 4) is 0 Å². The molecular formula is C8H16ClN3O. The number of aliphatic imine (C=N–C) groups is 1. The lowest BCUT2D eigenvalue weighted by Crippen LogP contribution is -2.49. The largest absolute Gasteiger partial charge is 0.376 e. The molecule has 0 saturated carbocycles.